The van der Waals surface area contributed by atoms with Gasteiger partial charge >= 0.3 is 51.4 Å². The van der Waals surface area contributed by atoms with E-state index in [4.69, 9.17) is 5.73 Å². The van der Waals surface area contributed by atoms with Crippen LogP contribution >= 0.6 is 0 Å². The largest absolute Gasteiger partial charge is 1.00 e. The summed E-state index contributed by atoms with van der Waals surface area (Å²) in [5.74, 6) is 0. The van der Waals surface area contributed by atoms with Crippen LogP contribution in [0.2, 0.25) is 0 Å². The molecule has 3 nitrogen and oxygen atoms in total. The number of amides is 1. The maximum atomic E-state index is 9.90. The van der Waals surface area contributed by atoms with Crippen LogP contribution in [0.3, 0.4) is 0 Å². The second-order valence-corrected chi connectivity index (χ2v) is 2.50. The third-order valence-electron chi connectivity index (χ3n) is 0.399. The fraction of sp³-hybridized carbons (Fsp3) is 0.800. The molecule has 0 aliphatic heterocycles. The van der Waals surface area contributed by atoms with E-state index in [-0.39, 0.29) is 51.4 Å². The number of hydrogen-bond acceptors (Lipinski definition) is 2. The number of carbonyl (C=O) groups is 1. The summed E-state index contributed by atoms with van der Waals surface area (Å²) in [5, 5.41) is 0. The number of hydrogen-bond donors (Lipinski definition) is 0. The molecule has 0 aromatic rings. The fourth-order valence-electron chi connectivity index (χ4n) is 0.278. The summed E-state index contributed by atoms with van der Waals surface area (Å²) in [7, 11) is 0. The smallest absolute Gasteiger partial charge is 0.632 e. The molecule has 0 heterocycles. The molecule has 0 aromatic carbocycles. The van der Waals surface area contributed by atoms with Crippen molar-refractivity contribution in [3.05, 3.63) is 5.73 Å². The number of carbonyl (C=O) groups excluding carboxylic acids is 1. The van der Waals surface area contributed by atoms with Gasteiger partial charge in [0.05, 0.1) is 0 Å². The van der Waals surface area contributed by atoms with E-state index < -0.39 is 11.7 Å². The molecule has 0 spiro atoms. The molecule has 0 bridgehead atoms. The standard InChI is InChI=1S/C5H11NO2.K/c1-5(2,3)8-4(6)7;/h1-3H3,(H2,6,7);/q;+1/p-1. The van der Waals surface area contributed by atoms with Crippen molar-refractivity contribution in [2.45, 2.75) is 26.4 Å². The van der Waals surface area contributed by atoms with Crippen molar-refractivity contribution in [3.63, 3.8) is 0 Å². The van der Waals surface area contributed by atoms with Crippen molar-refractivity contribution in [1.29, 1.82) is 0 Å². The van der Waals surface area contributed by atoms with E-state index in [1.807, 2.05) is 0 Å². The second-order valence-electron chi connectivity index (χ2n) is 2.50. The van der Waals surface area contributed by atoms with Gasteiger partial charge < -0.3 is 10.5 Å². The van der Waals surface area contributed by atoms with Gasteiger partial charge in [-0.25, -0.2) is 0 Å². The average molecular weight is 155 g/mol. The second kappa shape index (κ2) is 4.68. The summed E-state index contributed by atoms with van der Waals surface area (Å²) in [6.45, 7) is 5.16. The Morgan fingerprint density at radius 1 is 1.44 bits per heavy atom. The van der Waals surface area contributed by atoms with Crippen molar-refractivity contribution in [3.8, 4) is 0 Å². The molecule has 0 unspecified atom stereocenters. The van der Waals surface area contributed by atoms with Crippen LogP contribution in [-0.4, -0.2) is 11.7 Å². The first kappa shape index (κ1) is 12.6. The molecule has 0 rings (SSSR count). The minimum absolute atomic E-state index is 0. The average Bonchev–Trinajstić information content (AvgIpc) is 1.21. The molecule has 0 saturated carbocycles. The molecule has 4 heteroatoms. The van der Waals surface area contributed by atoms with Crippen LogP contribution in [0.25, 0.3) is 5.73 Å². The van der Waals surface area contributed by atoms with Crippen molar-refractivity contribution in [1.82, 2.24) is 0 Å². The van der Waals surface area contributed by atoms with E-state index >= 15 is 0 Å². The molecular weight excluding hydrogens is 145 g/mol. The summed E-state index contributed by atoms with van der Waals surface area (Å²) >= 11 is 0. The van der Waals surface area contributed by atoms with E-state index in [0.29, 0.717) is 0 Å². The Kier molecular flexibility index (Phi) is 6.54. The Hall–Kier alpha value is 0.906. The first-order valence-corrected chi connectivity index (χ1v) is 2.36. The van der Waals surface area contributed by atoms with Gasteiger partial charge in [-0.3, -0.25) is 4.79 Å². The van der Waals surface area contributed by atoms with Crippen molar-refractivity contribution >= 4 is 6.09 Å². The molecule has 0 aromatic heterocycles. The SMILES string of the molecule is CC(C)(C)OC([NH-])=O.[K+]. The van der Waals surface area contributed by atoms with Crippen LogP contribution < -0.4 is 51.4 Å². The van der Waals surface area contributed by atoms with Gasteiger partial charge in [-0.15, -0.1) is 0 Å². The summed E-state index contributed by atoms with van der Waals surface area (Å²) in [4.78, 5) is 9.90. The fourth-order valence-corrected chi connectivity index (χ4v) is 0.278. The summed E-state index contributed by atoms with van der Waals surface area (Å²) in [6.07, 6.45) is -0.975. The van der Waals surface area contributed by atoms with E-state index in [9.17, 15) is 4.79 Å². The zero-order chi connectivity index (χ0) is 6.78. The summed E-state index contributed by atoms with van der Waals surface area (Å²) in [5.41, 5.74) is 5.86. The monoisotopic (exact) mass is 155 g/mol. The first-order valence-electron chi connectivity index (χ1n) is 2.36. The van der Waals surface area contributed by atoms with Crippen LogP contribution in [0, 0.1) is 0 Å². The van der Waals surface area contributed by atoms with Gasteiger partial charge in [-0.1, -0.05) is 0 Å². The zero-order valence-corrected chi connectivity index (χ0v) is 9.44. The molecule has 1 N–H and O–H groups in total. The van der Waals surface area contributed by atoms with Gasteiger partial charge in [-0.05, 0) is 20.8 Å². The third kappa shape index (κ3) is 12.2. The van der Waals surface area contributed by atoms with Crippen molar-refractivity contribution in [2.24, 2.45) is 0 Å². The van der Waals surface area contributed by atoms with Crippen LogP contribution in [-0.2, 0) is 4.74 Å². The molecule has 0 radical (unpaired) electrons. The number of ether oxygens (including phenoxy) is 1. The first-order chi connectivity index (χ1) is 3.42. The van der Waals surface area contributed by atoms with Crippen LogP contribution in [0.15, 0.2) is 0 Å². The summed E-state index contributed by atoms with van der Waals surface area (Å²) in [6, 6.07) is 0. The van der Waals surface area contributed by atoms with E-state index in [0.717, 1.165) is 0 Å². The van der Waals surface area contributed by atoms with Crippen LogP contribution in [0.4, 0.5) is 4.79 Å². The maximum absolute atomic E-state index is 9.90. The molecule has 9 heavy (non-hydrogen) atoms. The minimum Gasteiger partial charge on any atom is -0.632 e. The third-order valence-corrected chi connectivity index (χ3v) is 0.399. The normalized spacial score (nSPS) is 9.67. The predicted molar refractivity (Wildman–Crippen MR) is 30.6 cm³/mol. The number of nitrogens with one attached hydrogen (secondary N) is 1. The molecule has 0 aliphatic rings. The van der Waals surface area contributed by atoms with Gasteiger partial charge in [0.15, 0.2) is 0 Å². The molecule has 48 valence electrons. The Morgan fingerprint density at radius 3 is 1.78 bits per heavy atom. The Morgan fingerprint density at radius 2 is 1.78 bits per heavy atom. The molecule has 0 aliphatic carbocycles. The van der Waals surface area contributed by atoms with E-state index in [1.54, 1.807) is 20.8 Å². The van der Waals surface area contributed by atoms with Crippen LogP contribution in [0.5, 0.6) is 0 Å². The Labute approximate surface area is 97.7 Å². The molecule has 0 saturated heterocycles. The Balaban J connectivity index is 0. The maximum Gasteiger partial charge on any atom is 1.00 e. The quantitative estimate of drug-likeness (QED) is 0.420. The molecule has 0 atom stereocenters. The molecule has 1 amide bonds. The minimum atomic E-state index is -0.975. The topological polar surface area (TPSA) is 50.1 Å². The van der Waals surface area contributed by atoms with Gasteiger partial charge in [0.2, 0.25) is 6.09 Å². The predicted octanol–water partition coefficient (Wildman–Crippen LogP) is -1.02. The summed E-state index contributed by atoms with van der Waals surface area (Å²) < 4.78 is 4.47. The van der Waals surface area contributed by atoms with Gasteiger partial charge in [0.1, 0.15) is 5.60 Å². The van der Waals surface area contributed by atoms with Gasteiger partial charge in [0, 0.05) is 0 Å². The van der Waals surface area contributed by atoms with E-state index in [1.165, 1.54) is 0 Å². The number of rotatable bonds is 0. The molecule has 0 fully saturated rings. The van der Waals surface area contributed by atoms with E-state index in [2.05, 4.69) is 4.74 Å². The van der Waals surface area contributed by atoms with Gasteiger partial charge in [0.25, 0.3) is 0 Å². The zero-order valence-electron chi connectivity index (χ0n) is 6.32. The van der Waals surface area contributed by atoms with Crippen molar-refractivity contribution < 1.29 is 60.9 Å². The molecular formula is C5H10KNO2. The van der Waals surface area contributed by atoms with Crippen molar-refractivity contribution in [2.75, 3.05) is 0 Å². The van der Waals surface area contributed by atoms with Crippen LogP contribution in [0.1, 0.15) is 20.8 Å². The Bertz CT molecular complexity index is 97.6. The van der Waals surface area contributed by atoms with Gasteiger partial charge in [-0.2, -0.15) is 0 Å².